The molecule has 1 aliphatic carbocycles. The van der Waals surface area contributed by atoms with Crippen molar-refractivity contribution in [2.45, 2.75) is 44.2 Å². The lowest BCUT2D eigenvalue weighted by Crippen LogP contribution is -2.55. The molecular formula is C19H23N3O4. The number of nitrogens with zero attached hydrogens (tertiary/aromatic N) is 3. The van der Waals surface area contributed by atoms with Gasteiger partial charge in [-0.15, -0.1) is 0 Å². The van der Waals surface area contributed by atoms with Gasteiger partial charge in [0.1, 0.15) is 12.2 Å². The Labute approximate surface area is 152 Å². The zero-order valence-corrected chi connectivity index (χ0v) is 14.9. The molecule has 0 N–H and O–H groups in total. The number of fused-ring (bicyclic) bond motifs is 1. The van der Waals surface area contributed by atoms with E-state index in [1.165, 1.54) is 6.42 Å². The molecule has 2 aliphatic rings. The lowest BCUT2D eigenvalue weighted by Gasteiger charge is -2.43. The van der Waals surface area contributed by atoms with Gasteiger partial charge in [-0.3, -0.25) is 4.79 Å². The fraction of sp³-hybridized carbons (Fsp3) is 0.526. The lowest BCUT2D eigenvalue weighted by atomic mass is 9.90. The summed E-state index contributed by atoms with van der Waals surface area (Å²) in [4.78, 5) is 19.1. The van der Waals surface area contributed by atoms with Crippen molar-refractivity contribution in [3.63, 3.8) is 0 Å². The Hall–Kier alpha value is -2.41. The van der Waals surface area contributed by atoms with Crippen LogP contribution in [0.1, 0.15) is 31.6 Å². The van der Waals surface area contributed by atoms with Gasteiger partial charge in [0, 0.05) is 12.1 Å². The number of morpholine rings is 1. The number of methoxy groups -OCH3 is 1. The van der Waals surface area contributed by atoms with Crippen molar-refractivity contribution >= 4 is 5.91 Å². The standard InChI is InChI=1S/C19H23N3O4/c1-24-14-8-6-13(7-9-14)19-20-17(26-21-19)12-18(23)22-10-11-25-16-5-3-2-4-15(16)22/h6-9,15-16H,2-5,10-12H2,1H3. The summed E-state index contributed by atoms with van der Waals surface area (Å²) in [5.74, 6) is 1.63. The van der Waals surface area contributed by atoms with Crippen LogP contribution in [0.4, 0.5) is 0 Å². The third-order valence-electron chi connectivity index (χ3n) is 5.17. The van der Waals surface area contributed by atoms with Gasteiger partial charge in [0.05, 0.1) is 25.9 Å². The van der Waals surface area contributed by atoms with Gasteiger partial charge in [0.2, 0.25) is 17.6 Å². The molecule has 0 radical (unpaired) electrons. The van der Waals surface area contributed by atoms with Crippen LogP contribution in [0.2, 0.25) is 0 Å². The number of ether oxygens (including phenoxy) is 2. The molecule has 1 aliphatic heterocycles. The van der Waals surface area contributed by atoms with Gasteiger partial charge in [-0.25, -0.2) is 0 Å². The molecule has 2 atom stereocenters. The topological polar surface area (TPSA) is 77.7 Å². The Morgan fingerprint density at radius 1 is 1.27 bits per heavy atom. The van der Waals surface area contributed by atoms with Crippen LogP contribution in [0.3, 0.4) is 0 Å². The summed E-state index contributed by atoms with van der Waals surface area (Å²) in [6.45, 7) is 1.24. The molecule has 2 heterocycles. The molecule has 4 rings (SSSR count). The molecule has 1 saturated heterocycles. The van der Waals surface area contributed by atoms with Gasteiger partial charge in [-0.05, 0) is 37.1 Å². The maximum absolute atomic E-state index is 12.8. The predicted molar refractivity (Wildman–Crippen MR) is 93.7 cm³/mol. The Balaban J connectivity index is 1.43. The van der Waals surface area contributed by atoms with Crippen LogP contribution in [-0.4, -0.2) is 53.4 Å². The van der Waals surface area contributed by atoms with E-state index in [9.17, 15) is 4.79 Å². The monoisotopic (exact) mass is 357 g/mol. The molecule has 2 aromatic rings. The van der Waals surface area contributed by atoms with Gasteiger partial charge in [0.15, 0.2) is 0 Å². The molecule has 1 saturated carbocycles. The van der Waals surface area contributed by atoms with Crippen LogP contribution in [0, 0.1) is 0 Å². The van der Waals surface area contributed by atoms with Crippen molar-refractivity contribution in [1.29, 1.82) is 0 Å². The highest BCUT2D eigenvalue weighted by atomic mass is 16.5. The first-order chi connectivity index (χ1) is 12.7. The zero-order chi connectivity index (χ0) is 17.9. The number of carbonyl (C=O) groups is 1. The van der Waals surface area contributed by atoms with E-state index in [4.69, 9.17) is 14.0 Å². The molecule has 2 unspecified atom stereocenters. The van der Waals surface area contributed by atoms with Crippen molar-refractivity contribution in [3.8, 4) is 17.1 Å². The average molecular weight is 357 g/mol. The molecule has 7 heteroatoms. The average Bonchev–Trinajstić information content (AvgIpc) is 3.16. The molecule has 0 spiro atoms. The van der Waals surface area contributed by atoms with Crippen LogP contribution in [0.25, 0.3) is 11.4 Å². The van der Waals surface area contributed by atoms with Crippen molar-refractivity contribution in [3.05, 3.63) is 30.2 Å². The summed E-state index contributed by atoms with van der Waals surface area (Å²) >= 11 is 0. The second-order valence-corrected chi connectivity index (χ2v) is 6.77. The second-order valence-electron chi connectivity index (χ2n) is 6.77. The maximum Gasteiger partial charge on any atom is 0.236 e. The van der Waals surface area contributed by atoms with E-state index in [1.54, 1.807) is 7.11 Å². The van der Waals surface area contributed by atoms with Gasteiger partial charge in [-0.2, -0.15) is 4.98 Å². The van der Waals surface area contributed by atoms with E-state index in [1.807, 2.05) is 29.2 Å². The van der Waals surface area contributed by atoms with Gasteiger partial charge < -0.3 is 18.9 Å². The van der Waals surface area contributed by atoms with Crippen molar-refractivity contribution in [2.75, 3.05) is 20.3 Å². The number of aromatic nitrogens is 2. The van der Waals surface area contributed by atoms with E-state index in [2.05, 4.69) is 10.1 Å². The first-order valence-electron chi connectivity index (χ1n) is 9.12. The molecule has 138 valence electrons. The normalized spacial score (nSPS) is 22.7. The quantitative estimate of drug-likeness (QED) is 0.836. The Morgan fingerprint density at radius 3 is 2.88 bits per heavy atom. The molecule has 26 heavy (non-hydrogen) atoms. The number of benzene rings is 1. The number of rotatable bonds is 4. The van der Waals surface area contributed by atoms with Gasteiger partial charge in [0.25, 0.3) is 0 Å². The lowest BCUT2D eigenvalue weighted by molar-refractivity contribution is -0.149. The largest absolute Gasteiger partial charge is 0.497 e. The highest BCUT2D eigenvalue weighted by Crippen LogP contribution is 2.29. The van der Waals surface area contributed by atoms with Crippen LogP contribution in [0.15, 0.2) is 28.8 Å². The van der Waals surface area contributed by atoms with E-state index in [0.29, 0.717) is 24.9 Å². The first-order valence-corrected chi connectivity index (χ1v) is 9.12. The number of carbonyl (C=O) groups excluding carboxylic acids is 1. The minimum Gasteiger partial charge on any atom is -0.497 e. The minimum absolute atomic E-state index is 0.0372. The fourth-order valence-electron chi connectivity index (χ4n) is 3.82. The second kappa shape index (κ2) is 7.45. The predicted octanol–water partition coefficient (Wildman–Crippen LogP) is 2.46. The Bertz CT molecular complexity index is 756. The van der Waals surface area contributed by atoms with Crippen LogP contribution in [0.5, 0.6) is 5.75 Å². The van der Waals surface area contributed by atoms with E-state index in [-0.39, 0.29) is 24.5 Å². The SMILES string of the molecule is COc1ccc(-c2noc(CC(=O)N3CCOC4CCCCC43)n2)cc1. The Kier molecular flexibility index (Phi) is 4.88. The Morgan fingerprint density at radius 2 is 2.08 bits per heavy atom. The first kappa shape index (κ1) is 17.0. The highest BCUT2D eigenvalue weighted by molar-refractivity contribution is 5.78. The number of hydrogen-bond donors (Lipinski definition) is 0. The number of amides is 1. The smallest absolute Gasteiger partial charge is 0.236 e. The third-order valence-corrected chi connectivity index (χ3v) is 5.17. The highest BCUT2D eigenvalue weighted by Gasteiger charge is 2.36. The summed E-state index contributed by atoms with van der Waals surface area (Å²) in [7, 11) is 1.62. The molecule has 2 fully saturated rings. The summed E-state index contributed by atoms with van der Waals surface area (Å²) in [5.41, 5.74) is 0.826. The van der Waals surface area contributed by atoms with E-state index >= 15 is 0 Å². The fourth-order valence-corrected chi connectivity index (χ4v) is 3.82. The van der Waals surface area contributed by atoms with Gasteiger partial charge >= 0.3 is 0 Å². The zero-order valence-electron chi connectivity index (χ0n) is 14.9. The molecular weight excluding hydrogens is 334 g/mol. The van der Waals surface area contributed by atoms with Crippen molar-refractivity contribution in [1.82, 2.24) is 15.0 Å². The third kappa shape index (κ3) is 3.44. The van der Waals surface area contributed by atoms with Crippen LogP contribution >= 0.6 is 0 Å². The van der Waals surface area contributed by atoms with Crippen LogP contribution in [-0.2, 0) is 16.0 Å². The van der Waals surface area contributed by atoms with E-state index < -0.39 is 0 Å². The van der Waals surface area contributed by atoms with E-state index in [0.717, 1.165) is 30.6 Å². The summed E-state index contributed by atoms with van der Waals surface area (Å²) in [6, 6.07) is 7.60. The minimum atomic E-state index is 0.0372. The molecule has 7 nitrogen and oxygen atoms in total. The molecule has 1 aromatic heterocycles. The summed E-state index contributed by atoms with van der Waals surface area (Å²) in [5, 5.41) is 4.00. The maximum atomic E-state index is 12.8. The summed E-state index contributed by atoms with van der Waals surface area (Å²) < 4.78 is 16.3. The van der Waals surface area contributed by atoms with Crippen LogP contribution < -0.4 is 4.74 Å². The van der Waals surface area contributed by atoms with Crippen molar-refractivity contribution < 1.29 is 18.8 Å². The molecule has 1 aromatic carbocycles. The molecule has 0 bridgehead atoms. The summed E-state index contributed by atoms with van der Waals surface area (Å²) in [6.07, 6.45) is 4.69. The van der Waals surface area contributed by atoms with Crippen molar-refractivity contribution in [2.24, 2.45) is 0 Å². The molecule has 1 amide bonds. The van der Waals surface area contributed by atoms with Gasteiger partial charge in [-0.1, -0.05) is 18.0 Å². The number of hydrogen-bond acceptors (Lipinski definition) is 6.